The SMILES string of the molecule is O=C(CCc1ncc(-c2ccc(Cl)cc2)o1)N[C@H]1CCS(=O)(=O)C1. The third-order valence-electron chi connectivity index (χ3n) is 3.85. The molecule has 1 saturated heterocycles. The summed E-state index contributed by atoms with van der Waals surface area (Å²) in [6, 6.07) is 6.92. The maximum atomic E-state index is 11.9. The Labute approximate surface area is 145 Å². The van der Waals surface area contributed by atoms with Crippen LogP contribution in [0, 0.1) is 0 Å². The van der Waals surface area contributed by atoms with E-state index in [-0.39, 0.29) is 29.9 Å². The zero-order valence-electron chi connectivity index (χ0n) is 12.9. The number of sulfone groups is 1. The van der Waals surface area contributed by atoms with Crippen molar-refractivity contribution >= 4 is 27.3 Å². The van der Waals surface area contributed by atoms with Crippen LogP contribution in [0.15, 0.2) is 34.9 Å². The first kappa shape index (κ1) is 17.0. The van der Waals surface area contributed by atoms with E-state index in [4.69, 9.17) is 16.0 Å². The monoisotopic (exact) mass is 368 g/mol. The number of hydrogen-bond acceptors (Lipinski definition) is 5. The molecule has 0 aliphatic carbocycles. The van der Waals surface area contributed by atoms with E-state index in [2.05, 4.69) is 10.3 Å². The molecule has 8 heteroatoms. The second kappa shape index (κ2) is 6.94. The van der Waals surface area contributed by atoms with E-state index < -0.39 is 9.84 Å². The van der Waals surface area contributed by atoms with Gasteiger partial charge < -0.3 is 9.73 Å². The van der Waals surface area contributed by atoms with Crippen LogP contribution in [0.1, 0.15) is 18.7 Å². The lowest BCUT2D eigenvalue weighted by Crippen LogP contribution is -2.35. The summed E-state index contributed by atoms with van der Waals surface area (Å²) in [5.41, 5.74) is 0.860. The topological polar surface area (TPSA) is 89.3 Å². The largest absolute Gasteiger partial charge is 0.441 e. The molecule has 0 bridgehead atoms. The highest BCUT2D eigenvalue weighted by Gasteiger charge is 2.28. The van der Waals surface area contributed by atoms with Crippen LogP contribution >= 0.6 is 11.6 Å². The smallest absolute Gasteiger partial charge is 0.220 e. The second-order valence-corrected chi connectivity index (χ2v) is 8.46. The van der Waals surface area contributed by atoms with E-state index in [9.17, 15) is 13.2 Å². The molecule has 1 aromatic heterocycles. The summed E-state index contributed by atoms with van der Waals surface area (Å²) < 4.78 is 28.4. The molecule has 0 spiro atoms. The highest BCUT2D eigenvalue weighted by Crippen LogP contribution is 2.22. The Morgan fingerprint density at radius 2 is 2.08 bits per heavy atom. The summed E-state index contributed by atoms with van der Waals surface area (Å²) in [7, 11) is -2.99. The molecule has 1 aliphatic rings. The first-order valence-electron chi connectivity index (χ1n) is 7.62. The van der Waals surface area contributed by atoms with Gasteiger partial charge in [0.25, 0.3) is 0 Å². The van der Waals surface area contributed by atoms with E-state index in [1.54, 1.807) is 18.3 Å². The maximum absolute atomic E-state index is 11.9. The van der Waals surface area contributed by atoms with Gasteiger partial charge in [0, 0.05) is 29.5 Å². The van der Waals surface area contributed by atoms with Gasteiger partial charge in [-0.3, -0.25) is 4.79 Å². The fourth-order valence-electron chi connectivity index (χ4n) is 2.60. The van der Waals surface area contributed by atoms with Crippen molar-refractivity contribution in [1.29, 1.82) is 0 Å². The standard InChI is InChI=1S/C16H17ClN2O4S/c17-12-3-1-11(2-4-12)14-9-18-16(23-14)6-5-15(20)19-13-7-8-24(21,22)10-13/h1-4,9,13H,5-8,10H2,(H,19,20)/t13-/m0/s1. The zero-order chi connectivity index (χ0) is 17.2. The Morgan fingerprint density at radius 3 is 2.75 bits per heavy atom. The molecule has 2 heterocycles. The van der Waals surface area contributed by atoms with Crippen molar-refractivity contribution in [2.45, 2.75) is 25.3 Å². The van der Waals surface area contributed by atoms with Crippen molar-refractivity contribution in [3.05, 3.63) is 41.4 Å². The van der Waals surface area contributed by atoms with Crippen molar-refractivity contribution in [1.82, 2.24) is 10.3 Å². The lowest BCUT2D eigenvalue weighted by atomic mass is 10.2. The molecule has 1 fully saturated rings. The molecule has 0 saturated carbocycles. The molecule has 24 heavy (non-hydrogen) atoms. The van der Waals surface area contributed by atoms with Crippen LogP contribution in [0.3, 0.4) is 0 Å². The minimum absolute atomic E-state index is 0.0262. The average Bonchev–Trinajstić information content (AvgIpc) is 3.12. The van der Waals surface area contributed by atoms with Crippen LogP contribution in [0.4, 0.5) is 0 Å². The van der Waals surface area contributed by atoms with Crippen molar-refractivity contribution in [3.8, 4) is 11.3 Å². The molecular weight excluding hydrogens is 352 g/mol. The van der Waals surface area contributed by atoms with Gasteiger partial charge >= 0.3 is 0 Å². The number of aryl methyl sites for hydroxylation is 1. The molecule has 6 nitrogen and oxygen atoms in total. The van der Waals surface area contributed by atoms with Gasteiger partial charge in [-0.1, -0.05) is 11.6 Å². The molecule has 1 amide bonds. The zero-order valence-corrected chi connectivity index (χ0v) is 14.4. The predicted molar refractivity (Wildman–Crippen MR) is 90.5 cm³/mol. The maximum Gasteiger partial charge on any atom is 0.220 e. The summed E-state index contributed by atoms with van der Waals surface area (Å²) in [6.07, 6.45) is 2.66. The highest BCUT2D eigenvalue weighted by molar-refractivity contribution is 7.91. The van der Waals surface area contributed by atoms with Crippen LogP contribution in [0.25, 0.3) is 11.3 Å². The molecule has 1 aromatic carbocycles. The average molecular weight is 369 g/mol. The second-order valence-electron chi connectivity index (χ2n) is 5.79. The van der Waals surface area contributed by atoms with Crippen molar-refractivity contribution in [2.75, 3.05) is 11.5 Å². The molecule has 3 rings (SSSR count). The van der Waals surface area contributed by atoms with E-state index in [0.717, 1.165) is 5.56 Å². The minimum atomic E-state index is -2.99. The van der Waals surface area contributed by atoms with E-state index >= 15 is 0 Å². The van der Waals surface area contributed by atoms with E-state index in [1.807, 2.05) is 12.1 Å². The first-order chi connectivity index (χ1) is 11.4. The predicted octanol–water partition coefficient (Wildman–Crippen LogP) is 2.23. The van der Waals surface area contributed by atoms with Gasteiger partial charge in [-0.25, -0.2) is 13.4 Å². The third-order valence-corrected chi connectivity index (χ3v) is 5.87. The van der Waals surface area contributed by atoms with Gasteiger partial charge in [-0.05, 0) is 30.7 Å². The fourth-order valence-corrected chi connectivity index (χ4v) is 4.40. The quantitative estimate of drug-likeness (QED) is 0.874. The fraction of sp³-hybridized carbons (Fsp3) is 0.375. The Morgan fingerprint density at radius 1 is 1.33 bits per heavy atom. The summed E-state index contributed by atoms with van der Waals surface area (Å²) >= 11 is 5.85. The molecule has 2 aromatic rings. The van der Waals surface area contributed by atoms with E-state index in [1.165, 1.54) is 0 Å². The van der Waals surface area contributed by atoms with Gasteiger partial charge in [0.05, 0.1) is 17.7 Å². The van der Waals surface area contributed by atoms with Crippen LogP contribution in [-0.2, 0) is 21.1 Å². The van der Waals surface area contributed by atoms with Gasteiger partial charge in [0.1, 0.15) is 0 Å². The lowest BCUT2D eigenvalue weighted by molar-refractivity contribution is -0.121. The normalized spacial score (nSPS) is 19.3. The Kier molecular flexibility index (Phi) is 4.91. The Hall–Kier alpha value is -1.86. The van der Waals surface area contributed by atoms with E-state index in [0.29, 0.717) is 29.5 Å². The van der Waals surface area contributed by atoms with Crippen molar-refractivity contribution in [2.24, 2.45) is 0 Å². The van der Waals surface area contributed by atoms with Crippen LogP contribution in [-0.4, -0.2) is 36.9 Å². The number of nitrogens with zero attached hydrogens (tertiary/aromatic N) is 1. The summed E-state index contributed by atoms with van der Waals surface area (Å²) in [5.74, 6) is 1.06. The highest BCUT2D eigenvalue weighted by atomic mass is 35.5. The number of nitrogens with one attached hydrogen (secondary N) is 1. The van der Waals surface area contributed by atoms with Crippen LogP contribution < -0.4 is 5.32 Å². The molecule has 128 valence electrons. The number of rotatable bonds is 5. The summed E-state index contributed by atoms with van der Waals surface area (Å²) in [4.78, 5) is 16.1. The molecule has 1 atom stereocenters. The van der Waals surface area contributed by atoms with Gasteiger partial charge in [0.15, 0.2) is 21.5 Å². The third kappa shape index (κ3) is 4.36. The number of carbonyl (C=O) groups is 1. The minimum Gasteiger partial charge on any atom is -0.441 e. The van der Waals surface area contributed by atoms with Crippen LogP contribution in [0.5, 0.6) is 0 Å². The molecule has 0 radical (unpaired) electrons. The number of oxazole rings is 1. The molecule has 0 unspecified atom stereocenters. The number of amides is 1. The Balaban J connectivity index is 1.52. The van der Waals surface area contributed by atoms with Crippen molar-refractivity contribution in [3.63, 3.8) is 0 Å². The summed E-state index contributed by atoms with van der Waals surface area (Å²) in [6.45, 7) is 0. The number of carbonyl (C=O) groups excluding carboxylic acids is 1. The van der Waals surface area contributed by atoms with Gasteiger partial charge in [-0.2, -0.15) is 0 Å². The molecule has 1 aliphatic heterocycles. The molecular formula is C16H17ClN2O4S. The Bertz CT molecular complexity index is 830. The van der Waals surface area contributed by atoms with Crippen molar-refractivity contribution < 1.29 is 17.6 Å². The number of hydrogen-bond donors (Lipinski definition) is 1. The summed E-state index contributed by atoms with van der Waals surface area (Å²) in [5, 5.41) is 3.39. The number of halogens is 1. The van der Waals surface area contributed by atoms with Gasteiger partial charge in [0.2, 0.25) is 5.91 Å². The number of benzene rings is 1. The van der Waals surface area contributed by atoms with Crippen LogP contribution in [0.2, 0.25) is 5.02 Å². The molecule has 1 N–H and O–H groups in total. The first-order valence-corrected chi connectivity index (χ1v) is 9.82. The number of aromatic nitrogens is 1. The lowest BCUT2D eigenvalue weighted by Gasteiger charge is -2.09. The van der Waals surface area contributed by atoms with Gasteiger partial charge in [-0.15, -0.1) is 0 Å².